The molecule has 0 bridgehead atoms. The van der Waals surface area contributed by atoms with Gasteiger partial charge in [-0.05, 0) is 18.8 Å². The fourth-order valence-corrected chi connectivity index (χ4v) is 2.43. The Morgan fingerprint density at radius 1 is 1.63 bits per heavy atom. The third-order valence-electron chi connectivity index (χ3n) is 3.41. The van der Waals surface area contributed by atoms with E-state index in [-0.39, 0.29) is 11.5 Å². The topological polar surface area (TPSA) is 102 Å². The van der Waals surface area contributed by atoms with Crippen molar-refractivity contribution < 1.29 is 14.8 Å². The van der Waals surface area contributed by atoms with E-state index in [2.05, 4.69) is 5.10 Å². The summed E-state index contributed by atoms with van der Waals surface area (Å²) in [4.78, 5) is 23.3. The number of nitro groups is 1. The Balaban J connectivity index is 2.38. The van der Waals surface area contributed by atoms with Crippen molar-refractivity contribution >= 4 is 17.5 Å². The molecule has 104 valence electrons. The SMILES string of the molecule is CC1CCN(c2nn(C)cc2[N+](=O)[O-])C(C(=O)O)C1. The monoisotopic (exact) mass is 268 g/mol. The normalized spacial score (nSPS) is 23.4. The molecule has 2 atom stereocenters. The summed E-state index contributed by atoms with van der Waals surface area (Å²) < 4.78 is 1.34. The minimum Gasteiger partial charge on any atom is -0.480 e. The molecule has 1 aromatic heterocycles. The second-order valence-corrected chi connectivity index (χ2v) is 4.95. The predicted molar refractivity (Wildman–Crippen MR) is 67.0 cm³/mol. The summed E-state index contributed by atoms with van der Waals surface area (Å²) in [7, 11) is 1.58. The van der Waals surface area contributed by atoms with Crippen molar-refractivity contribution in [2.24, 2.45) is 13.0 Å². The molecule has 1 aliphatic rings. The number of hydrogen-bond donors (Lipinski definition) is 1. The quantitative estimate of drug-likeness (QED) is 0.648. The second kappa shape index (κ2) is 4.87. The number of carboxylic acid groups (broad SMARTS) is 1. The molecule has 0 amide bonds. The van der Waals surface area contributed by atoms with E-state index in [1.807, 2.05) is 6.92 Å². The van der Waals surface area contributed by atoms with Gasteiger partial charge in [0.1, 0.15) is 12.2 Å². The van der Waals surface area contributed by atoms with Gasteiger partial charge in [0.2, 0.25) is 5.82 Å². The lowest BCUT2D eigenvalue weighted by atomic mass is 9.92. The molecule has 2 unspecified atom stereocenters. The number of aromatic nitrogens is 2. The van der Waals surface area contributed by atoms with E-state index in [0.29, 0.717) is 18.9 Å². The van der Waals surface area contributed by atoms with Crippen LogP contribution in [0.3, 0.4) is 0 Å². The zero-order valence-corrected chi connectivity index (χ0v) is 10.8. The molecule has 1 N–H and O–H groups in total. The van der Waals surface area contributed by atoms with Gasteiger partial charge in [0.15, 0.2) is 0 Å². The Morgan fingerprint density at radius 3 is 2.89 bits per heavy atom. The standard InChI is InChI=1S/C11H16N4O4/c1-7-3-4-14(8(5-7)11(16)17)10-9(15(18)19)6-13(2)12-10/h6-8H,3-5H2,1-2H3,(H,16,17). The molecule has 1 saturated heterocycles. The molecule has 1 aromatic rings. The average Bonchev–Trinajstić information content (AvgIpc) is 2.71. The fourth-order valence-electron chi connectivity index (χ4n) is 2.43. The van der Waals surface area contributed by atoms with Crippen LogP contribution in [0.2, 0.25) is 0 Å². The van der Waals surface area contributed by atoms with E-state index < -0.39 is 16.9 Å². The largest absolute Gasteiger partial charge is 0.480 e. The number of carbonyl (C=O) groups is 1. The van der Waals surface area contributed by atoms with Crippen LogP contribution in [0.4, 0.5) is 11.5 Å². The van der Waals surface area contributed by atoms with Crippen molar-refractivity contribution in [1.82, 2.24) is 9.78 Å². The predicted octanol–water partition coefficient (Wildman–Crippen LogP) is 1.02. The molecule has 8 nitrogen and oxygen atoms in total. The van der Waals surface area contributed by atoms with E-state index in [1.54, 1.807) is 7.05 Å². The first-order valence-corrected chi connectivity index (χ1v) is 6.07. The van der Waals surface area contributed by atoms with E-state index in [1.165, 1.54) is 15.8 Å². The third-order valence-corrected chi connectivity index (χ3v) is 3.41. The van der Waals surface area contributed by atoms with Crippen LogP contribution < -0.4 is 4.90 Å². The van der Waals surface area contributed by atoms with Gasteiger partial charge < -0.3 is 10.0 Å². The van der Waals surface area contributed by atoms with Crippen LogP contribution in [0.1, 0.15) is 19.8 Å². The lowest BCUT2D eigenvalue weighted by Crippen LogP contribution is -2.47. The van der Waals surface area contributed by atoms with E-state index in [4.69, 9.17) is 0 Å². The number of aryl methyl sites for hydroxylation is 1. The Kier molecular flexibility index (Phi) is 3.41. The fraction of sp³-hybridized carbons (Fsp3) is 0.636. The molecule has 2 rings (SSSR count). The molecule has 0 aromatic carbocycles. The Bertz CT molecular complexity index is 513. The van der Waals surface area contributed by atoms with Crippen molar-refractivity contribution in [2.75, 3.05) is 11.4 Å². The van der Waals surface area contributed by atoms with Gasteiger partial charge in [-0.25, -0.2) is 4.79 Å². The molecule has 0 spiro atoms. The summed E-state index contributed by atoms with van der Waals surface area (Å²) in [5.41, 5.74) is -0.150. The highest BCUT2D eigenvalue weighted by Gasteiger charge is 2.36. The first kappa shape index (κ1) is 13.3. The molecule has 1 aliphatic heterocycles. The minimum absolute atomic E-state index is 0.145. The first-order chi connectivity index (χ1) is 8.90. The van der Waals surface area contributed by atoms with Crippen LogP contribution in [0, 0.1) is 16.0 Å². The number of aliphatic carboxylic acids is 1. The van der Waals surface area contributed by atoms with Crippen molar-refractivity contribution in [3.05, 3.63) is 16.3 Å². The minimum atomic E-state index is -0.966. The van der Waals surface area contributed by atoms with Crippen molar-refractivity contribution in [2.45, 2.75) is 25.8 Å². The number of rotatable bonds is 3. The lowest BCUT2D eigenvalue weighted by Gasteiger charge is -2.35. The van der Waals surface area contributed by atoms with Crippen LogP contribution in [0.5, 0.6) is 0 Å². The van der Waals surface area contributed by atoms with E-state index in [9.17, 15) is 20.0 Å². The van der Waals surface area contributed by atoms with Crippen LogP contribution in [-0.2, 0) is 11.8 Å². The zero-order valence-electron chi connectivity index (χ0n) is 10.8. The molecular formula is C11H16N4O4. The van der Waals surface area contributed by atoms with Gasteiger partial charge in [0, 0.05) is 13.6 Å². The van der Waals surface area contributed by atoms with E-state index >= 15 is 0 Å². The number of carboxylic acids is 1. The van der Waals surface area contributed by atoms with Crippen molar-refractivity contribution in [3.63, 3.8) is 0 Å². The van der Waals surface area contributed by atoms with Crippen molar-refractivity contribution in [3.8, 4) is 0 Å². The average molecular weight is 268 g/mol. The highest BCUT2D eigenvalue weighted by atomic mass is 16.6. The second-order valence-electron chi connectivity index (χ2n) is 4.95. The lowest BCUT2D eigenvalue weighted by molar-refractivity contribution is -0.384. The number of anilines is 1. The van der Waals surface area contributed by atoms with Gasteiger partial charge in [-0.1, -0.05) is 6.92 Å². The molecular weight excluding hydrogens is 252 g/mol. The Labute approximate surface area is 109 Å². The smallest absolute Gasteiger partial charge is 0.330 e. The van der Waals surface area contributed by atoms with Gasteiger partial charge in [-0.3, -0.25) is 14.8 Å². The van der Waals surface area contributed by atoms with Crippen LogP contribution in [-0.4, -0.2) is 38.4 Å². The molecule has 0 aliphatic carbocycles. The van der Waals surface area contributed by atoms with Gasteiger partial charge >= 0.3 is 11.7 Å². The summed E-state index contributed by atoms with van der Waals surface area (Å²) >= 11 is 0. The van der Waals surface area contributed by atoms with Crippen LogP contribution in [0.25, 0.3) is 0 Å². The Hall–Kier alpha value is -2.12. The zero-order chi connectivity index (χ0) is 14.2. The molecule has 0 radical (unpaired) electrons. The summed E-state index contributed by atoms with van der Waals surface area (Å²) in [6.07, 6.45) is 2.58. The summed E-state index contributed by atoms with van der Waals surface area (Å²) in [6.45, 7) is 2.45. The maximum absolute atomic E-state index is 11.3. The molecule has 2 heterocycles. The molecule has 19 heavy (non-hydrogen) atoms. The Morgan fingerprint density at radius 2 is 2.32 bits per heavy atom. The maximum atomic E-state index is 11.3. The van der Waals surface area contributed by atoms with Gasteiger partial charge in [0.25, 0.3) is 0 Å². The summed E-state index contributed by atoms with van der Waals surface area (Å²) in [5, 5.41) is 24.3. The highest BCUT2D eigenvalue weighted by molar-refractivity contribution is 5.79. The number of hydrogen-bond acceptors (Lipinski definition) is 5. The first-order valence-electron chi connectivity index (χ1n) is 6.07. The summed E-state index contributed by atoms with van der Waals surface area (Å²) in [6, 6.07) is -0.752. The van der Waals surface area contributed by atoms with Gasteiger partial charge in [-0.2, -0.15) is 0 Å². The van der Waals surface area contributed by atoms with E-state index in [0.717, 1.165) is 6.42 Å². The molecule has 0 saturated carbocycles. The summed E-state index contributed by atoms with van der Waals surface area (Å²) in [5.74, 6) is -0.529. The maximum Gasteiger partial charge on any atom is 0.330 e. The third kappa shape index (κ3) is 2.51. The highest BCUT2D eigenvalue weighted by Crippen LogP contribution is 2.33. The molecule has 8 heteroatoms. The molecule has 1 fully saturated rings. The van der Waals surface area contributed by atoms with Crippen LogP contribution in [0.15, 0.2) is 6.20 Å². The van der Waals surface area contributed by atoms with Gasteiger partial charge in [-0.15, -0.1) is 5.10 Å². The van der Waals surface area contributed by atoms with Crippen LogP contribution >= 0.6 is 0 Å². The van der Waals surface area contributed by atoms with Gasteiger partial charge in [0.05, 0.1) is 4.92 Å². The number of nitrogens with zero attached hydrogens (tertiary/aromatic N) is 4. The van der Waals surface area contributed by atoms with Crippen molar-refractivity contribution in [1.29, 1.82) is 0 Å². The number of piperidine rings is 1.